The second kappa shape index (κ2) is 13.2. The van der Waals surface area contributed by atoms with E-state index in [1.54, 1.807) is 0 Å². The van der Waals surface area contributed by atoms with Crippen LogP contribution in [-0.4, -0.2) is 22.3 Å². The lowest BCUT2D eigenvalue weighted by atomic mass is 9.78. The average molecular weight is 351 g/mol. The van der Waals surface area contributed by atoms with Crippen LogP contribution in [0.4, 0.5) is 0 Å². The molecule has 2 N–H and O–H groups in total. The number of aliphatic carboxylic acids is 1. The molecule has 0 radical (unpaired) electrons. The van der Waals surface area contributed by atoms with Gasteiger partial charge in [-0.3, -0.25) is 4.79 Å². The summed E-state index contributed by atoms with van der Waals surface area (Å²) in [6.07, 6.45) is 23.2. The van der Waals surface area contributed by atoms with Crippen molar-refractivity contribution in [3.05, 3.63) is 24.3 Å². The number of aliphatic hydroxyl groups excluding tert-OH is 1. The maximum absolute atomic E-state index is 10.6. The molecule has 1 aliphatic rings. The number of carboxylic acids is 1. The van der Waals surface area contributed by atoms with Crippen molar-refractivity contribution in [2.45, 2.75) is 103 Å². The van der Waals surface area contributed by atoms with Gasteiger partial charge in [-0.2, -0.15) is 0 Å². The van der Waals surface area contributed by atoms with Gasteiger partial charge in [0.2, 0.25) is 0 Å². The molecule has 0 saturated heterocycles. The van der Waals surface area contributed by atoms with Crippen molar-refractivity contribution in [2.24, 2.45) is 5.41 Å². The summed E-state index contributed by atoms with van der Waals surface area (Å²) in [6, 6.07) is 0. The van der Waals surface area contributed by atoms with E-state index in [4.69, 9.17) is 5.11 Å². The fraction of sp³-hybridized carbons (Fsp3) is 0.773. The summed E-state index contributed by atoms with van der Waals surface area (Å²) in [5, 5.41) is 18.6. The van der Waals surface area contributed by atoms with Crippen molar-refractivity contribution in [2.75, 3.05) is 0 Å². The van der Waals surface area contributed by atoms with Gasteiger partial charge in [0.1, 0.15) is 0 Å². The summed E-state index contributed by atoms with van der Waals surface area (Å²) in [5.41, 5.74) is 0.438. The van der Waals surface area contributed by atoms with E-state index < -0.39 is 5.97 Å². The largest absolute Gasteiger partial charge is 0.481 e. The molecule has 0 spiro atoms. The second-order valence-electron chi connectivity index (χ2n) is 7.74. The van der Waals surface area contributed by atoms with Crippen LogP contribution < -0.4 is 0 Å². The highest BCUT2D eigenvalue weighted by molar-refractivity contribution is 5.66. The van der Waals surface area contributed by atoms with Crippen LogP contribution in [0.5, 0.6) is 0 Å². The predicted octanol–water partition coefficient (Wildman–Crippen LogP) is 6.03. The number of carbonyl (C=O) groups is 1. The monoisotopic (exact) mass is 350 g/mol. The van der Waals surface area contributed by atoms with E-state index in [0.29, 0.717) is 11.8 Å². The molecule has 0 aliphatic heterocycles. The smallest absolute Gasteiger partial charge is 0.303 e. The summed E-state index contributed by atoms with van der Waals surface area (Å²) in [5.74, 6) is -0.679. The van der Waals surface area contributed by atoms with Crippen molar-refractivity contribution in [3.8, 4) is 0 Å². The van der Waals surface area contributed by atoms with Gasteiger partial charge in [0.25, 0.3) is 0 Å². The van der Waals surface area contributed by atoms with Gasteiger partial charge < -0.3 is 10.2 Å². The first kappa shape index (κ1) is 22.0. The maximum Gasteiger partial charge on any atom is 0.303 e. The Kier molecular flexibility index (Phi) is 11.6. The van der Waals surface area contributed by atoms with Crippen LogP contribution in [0.1, 0.15) is 96.8 Å². The third kappa shape index (κ3) is 10.5. The lowest BCUT2D eigenvalue weighted by molar-refractivity contribution is -0.137. The van der Waals surface area contributed by atoms with Crippen LogP contribution in [0.2, 0.25) is 0 Å². The number of hydrogen-bond donors (Lipinski definition) is 2. The van der Waals surface area contributed by atoms with Crippen LogP contribution in [0, 0.1) is 5.41 Å². The quantitative estimate of drug-likeness (QED) is 0.297. The van der Waals surface area contributed by atoms with Gasteiger partial charge in [0, 0.05) is 6.42 Å². The SMILES string of the molecule is CCCCCC(O)C=CC=CCC1(CCCCCC(=O)O)CCCC1. The summed E-state index contributed by atoms with van der Waals surface area (Å²) in [4.78, 5) is 10.6. The zero-order valence-corrected chi connectivity index (χ0v) is 16.1. The topological polar surface area (TPSA) is 57.5 Å². The van der Waals surface area contributed by atoms with E-state index in [1.807, 2.05) is 12.2 Å². The molecule has 0 bridgehead atoms. The minimum absolute atomic E-state index is 0.304. The van der Waals surface area contributed by atoms with Crippen molar-refractivity contribution in [1.82, 2.24) is 0 Å². The van der Waals surface area contributed by atoms with Gasteiger partial charge in [0.05, 0.1) is 6.10 Å². The zero-order chi connectivity index (χ0) is 18.4. The Labute approximate surface area is 154 Å². The molecule has 1 saturated carbocycles. The van der Waals surface area contributed by atoms with Crippen LogP contribution in [-0.2, 0) is 4.79 Å². The first-order chi connectivity index (χ1) is 12.1. The van der Waals surface area contributed by atoms with E-state index >= 15 is 0 Å². The molecular formula is C22H38O3. The molecule has 0 aromatic rings. The lowest BCUT2D eigenvalue weighted by Gasteiger charge is -2.27. The van der Waals surface area contributed by atoms with Gasteiger partial charge in [-0.25, -0.2) is 0 Å². The van der Waals surface area contributed by atoms with E-state index in [-0.39, 0.29) is 6.10 Å². The highest BCUT2D eigenvalue weighted by atomic mass is 16.4. The molecule has 1 fully saturated rings. The summed E-state index contributed by atoms with van der Waals surface area (Å²) in [7, 11) is 0. The standard InChI is InChI=1S/C22H38O3/c1-2-3-6-13-20(23)14-7-4-9-16-22(18-11-12-19-22)17-10-5-8-15-21(24)25/h4,7,9,14,20,23H,2-3,5-6,8,10-13,15-19H2,1H3,(H,24,25). The normalized spacial score (nSPS) is 18.3. The van der Waals surface area contributed by atoms with Crippen molar-refractivity contribution in [3.63, 3.8) is 0 Å². The van der Waals surface area contributed by atoms with Gasteiger partial charge >= 0.3 is 5.97 Å². The number of allylic oxidation sites excluding steroid dienone is 3. The minimum atomic E-state index is -0.679. The molecule has 1 aliphatic carbocycles. The number of hydrogen-bond acceptors (Lipinski definition) is 2. The van der Waals surface area contributed by atoms with Crippen molar-refractivity contribution >= 4 is 5.97 Å². The summed E-state index contributed by atoms with van der Waals surface area (Å²) in [6.45, 7) is 2.18. The Morgan fingerprint density at radius 3 is 2.52 bits per heavy atom. The lowest BCUT2D eigenvalue weighted by Crippen LogP contribution is -2.15. The van der Waals surface area contributed by atoms with E-state index in [0.717, 1.165) is 38.5 Å². The molecule has 0 aromatic heterocycles. The summed E-state index contributed by atoms with van der Waals surface area (Å²) >= 11 is 0. The fourth-order valence-electron chi connectivity index (χ4n) is 3.92. The maximum atomic E-state index is 10.6. The number of unbranched alkanes of at least 4 members (excludes halogenated alkanes) is 4. The third-order valence-corrected chi connectivity index (χ3v) is 5.50. The Balaban J connectivity index is 2.28. The molecule has 144 valence electrons. The van der Waals surface area contributed by atoms with Crippen LogP contribution in [0.3, 0.4) is 0 Å². The Morgan fingerprint density at radius 2 is 1.84 bits per heavy atom. The summed E-state index contributed by atoms with van der Waals surface area (Å²) < 4.78 is 0. The molecule has 3 nitrogen and oxygen atoms in total. The molecule has 3 heteroatoms. The Hall–Kier alpha value is -1.09. The highest BCUT2D eigenvalue weighted by Gasteiger charge is 2.31. The molecule has 1 atom stereocenters. The van der Waals surface area contributed by atoms with E-state index in [2.05, 4.69) is 19.1 Å². The molecule has 1 rings (SSSR count). The first-order valence-corrected chi connectivity index (χ1v) is 10.3. The number of rotatable bonds is 14. The van der Waals surface area contributed by atoms with Gasteiger partial charge in [0.15, 0.2) is 0 Å². The van der Waals surface area contributed by atoms with Gasteiger partial charge in [-0.05, 0) is 43.9 Å². The number of aliphatic hydroxyl groups is 1. The van der Waals surface area contributed by atoms with Crippen molar-refractivity contribution < 1.29 is 15.0 Å². The fourth-order valence-corrected chi connectivity index (χ4v) is 3.92. The Morgan fingerprint density at radius 1 is 1.08 bits per heavy atom. The highest BCUT2D eigenvalue weighted by Crippen LogP contribution is 2.45. The number of carboxylic acid groups (broad SMARTS) is 1. The van der Waals surface area contributed by atoms with E-state index in [1.165, 1.54) is 44.9 Å². The third-order valence-electron chi connectivity index (χ3n) is 5.50. The van der Waals surface area contributed by atoms with E-state index in [9.17, 15) is 9.90 Å². The molecule has 0 heterocycles. The molecule has 25 heavy (non-hydrogen) atoms. The molecule has 0 aromatic carbocycles. The zero-order valence-electron chi connectivity index (χ0n) is 16.1. The molecular weight excluding hydrogens is 312 g/mol. The van der Waals surface area contributed by atoms with Gasteiger partial charge in [-0.15, -0.1) is 0 Å². The van der Waals surface area contributed by atoms with Gasteiger partial charge in [-0.1, -0.05) is 76.2 Å². The first-order valence-electron chi connectivity index (χ1n) is 10.3. The second-order valence-corrected chi connectivity index (χ2v) is 7.74. The van der Waals surface area contributed by atoms with Crippen LogP contribution in [0.25, 0.3) is 0 Å². The Bertz CT molecular complexity index is 405. The average Bonchev–Trinajstić information content (AvgIpc) is 3.03. The molecule has 0 amide bonds. The molecule has 1 unspecified atom stereocenters. The van der Waals surface area contributed by atoms with Crippen molar-refractivity contribution in [1.29, 1.82) is 0 Å². The van der Waals surface area contributed by atoms with Crippen LogP contribution >= 0.6 is 0 Å². The predicted molar refractivity (Wildman–Crippen MR) is 105 cm³/mol. The minimum Gasteiger partial charge on any atom is -0.481 e. The van der Waals surface area contributed by atoms with Crippen LogP contribution in [0.15, 0.2) is 24.3 Å².